The molecule has 1 atom stereocenters. The predicted molar refractivity (Wildman–Crippen MR) is 79.0 cm³/mol. The van der Waals surface area contributed by atoms with Crippen LogP contribution in [0.15, 0.2) is 18.5 Å². The zero-order valence-electron chi connectivity index (χ0n) is 12.2. The van der Waals surface area contributed by atoms with E-state index in [1.807, 2.05) is 6.07 Å². The normalized spacial score (nSPS) is 23.2. The molecule has 0 saturated carbocycles. The molecule has 6 nitrogen and oxygen atoms in total. The number of anilines is 1. The molecule has 0 aromatic carbocycles. The van der Waals surface area contributed by atoms with Crippen molar-refractivity contribution >= 4 is 11.9 Å². The fourth-order valence-corrected chi connectivity index (χ4v) is 2.96. The van der Waals surface area contributed by atoms with Crippen LogP contribution in [0.5, 0.6) is 0 Å². The van der Waals surface area contributed by atoms with Crippen molar-refractivity contribution in [3.63, 3.8) is 0 Å². The Hall–Kier alpha value is -1.69. The topological polar surface area (TPSA) is 67.3 Å². The second-order valence-corrected chi connectivity index (χ2v) is 5.69. The lowest BCUT2D eigenvalue weighted by Crippen LogP contribution is -2.42. The van der Waals surface area contributed by atoms with Gasteiger partial charge in [0.1, 0.15) is 0 Å². The van der Waals surface area contributed by atoms with Crippen LogP contribution in [-0.2, 0) is 9.53 Å². The van der Waals surface area contributed by atoms with Crippen molar-refractivity contribution < 1.29 is 9.53 Å². The standard InChI is InChI=1S/C15H22N4O2/c20-14(18-11-13-3-1-10-21-13)12-4-8-19(9-5-12)15-16-6-2-7-17-15/h2,6-7,12-13H,1,3-5,8-11H2,(H,18,20)/t13-/m1/s1. The van der Waals surface area contributed by atoms with E-state index in [1.165, 1.54) is 0 Å². The van der Waals surface area contributed by atoms with Crippen LogP contribution in [0, 0.1) is 5.92 Å². The van der Waals surface area contributed by atoms with Crippen molar-refractivity contribution in [1.82, 2.24) is 15.3 Å². The summed E-state index contributed by atoms with van der Waals surface area (Å²) >= 11 is 0. The maximum absolute atomic E-state index is 12.2. The highest BCUT2D eigenvalue weighted by atomic mass is 16.5. The third-order valence-corrected chi connectivity index (χ3v) is 4.23. The van der Waals surface area contributed by atoms with Gasteiger partial charge in [0.2, 0.25) is 11.9 Å². The molecule has 0 bridgehead atoms. The Balaban J connectivity index is 1.43. The summed E-state index contributed by atoms with van der Waals surface area (Å²) in [6.07, 6.45) is 7.60. The van der Waals surface area contributed by atoms with Crippen molar-refractivity contribution in [2.45, 2.75) is 31.8 Å². The molecule has 0 radical (unpaired) electrons. The van der Waals surface area contributed by atoms with Gasteiger partial charge < -0.3 is 15.0 Å². The predicted octanol–water partition coefficient (Wildman–Crippen LogP) is 0.988. The molecule has 1 aromatic heterocycles. The summed E-state index contributed by atoms with van der Waals surface area (Å²) in [4.78, 5) is 22.8. The zero-order valence-corrected chi connectivity index (χ0v) is 12.2. The van der Waals surface area contributed by atoms with E-state index in [2.05, 4.69) is 20.2 Å². The number of ether oxygens (including phenoxy) is 1. The summed E-state index contributed by atoms with van der Waals surface area (Å²) in [5, 5.41) is 3.04. The number of aromatic nitrogens is 2. The molecule has 114 valence electrons. The summed E-state index contributed by atoms with van der Waals surface area (Å²) in [6, 6.07) is 1.81. The van der Waals surface area contributed by atoms with Crippen LogP contribution < -0.4 is 10.2 Å². The van der Waals surface area contributed by atoms with Gasteiger partial charge in [0.15, 0.2) is 0 Å². The van der Waals surface area contributed by atoms with E-state index in [9.17, 15) is 4.79 Å². The largest absolute Gasteiger partial charge is 0.376 e. The number of nitrogens with one attached hydrogen (secondary N) is 1. The molecular weight excluding hydrogens is 268 g/mol. The lowest BCUT2D eigenvalue weighted by molar-refractivity contribution is -0.126. The fourth-order valence-electron chi connectivity index (χ4n) is 2.96. The molecule has 3 heterocycles. The van der Waals surface area contributed by atoms with Crippen molar-refractivity contribution in [3.8, 4) is 0 Å². The Morgan fingerprint density at radius 1 is 1.29 bits per heavy atom. The van der Waals surface area contributed by atoms with Crippen LogP contribution >= 0.6 is 0 Å². The van der Waals surface area contributed by atoms with E-state index in [-0.39, 0.29) is 17.9 Å². The highest BCUT2D eigenvalue weighted by Crippen LogP contribution is 2.20. The highest BCUT2D eigenvalue weighted by molar-refractivity contribution is 5.78. The van der Waals surface area contributed by atoms with Crippen molar-refractivity contribution in [2.75, 3.05) is 31.1 Å². The number of amides is 1. The van der Waals surface area contributed by atoms with Crippen LogP contribution in [-0.4, -0.2) is 48.2 Å². The van der Waals surface area contributed by atoms with Gasteiger partial charge in [0.25, 0.3) is 0 Å². The first kappa shape index (κ1) is 14.3. The van der Waals surface area contributed by atoms with E-state index >= 15 is 0 Å². The summed E-state index contributed by atoms with van der Waals surface area (Å²) in [6.45, 7) is 3.15. The number of piperidine rings is 1. The highest BCUT2D eigenvalue weighted by Gasteiger charge is 2.26. The molecule has 1 aromatic rings. The Morgan fingerprint density at radius 3 is 2.71 bits per heavy atom. The molecule has 2 aliphatic heterocycles. The first-order valence-corrected chi connectivity index (χ1v) is 7.74. The fraction of sp³-hybridized carbons (Fsp3) is 0.667. The third kappa shape index (κ3) is 3.69. The Labute approximate surface area is 124 Å². The summed E-state index contributed by atoms with van der Waals surface area (Å²) in [5.74, 6) is 1.03. The summed E-state index contributed by atoms with van der Waals surface area (Å²) in [7, 11) is 0. The van der Waals surface area contributed by atoms with E-state index in [4.69, 9.17) is 4.74 Å². The molecule has 1 amide bonds. The average molecular weight is 290 g/mol. The van der Waals surface area contributed by atoms with Crippen molar-refractivity contribution in [2.24, 2.45) is 5.92 Å². The van der Waals surface area contributed by atoms with Gasteiger partial charge in [0, 0.05) is 44.6 Å². The second kappa shape index (κ2) is 6.85. The van der Waals surface area contributed by atoms with Gasteiger partial charge in [-0.15, -0.1) is 0 Å². The Kier molecular flexibility index (Phi) is 4.65. The second-order valence-electron chi connectivity index (χ2n) is 5.69. The molecule has 2 fully saturated rings. The zero-order chi connectivity index (χ0) is 14.5. The van der Waals surface area contributed by atoms with Crippen LogP contribution in [0.3, 0.4) is 0 Å². The summed E-state index contributed by atoms with van der Waals surface area (Å²) in [5.41, 5.74) is 0. The van der Waals surface area contributed by atoms with E-state index in [1.54, 1.807) is 12.4 Å². The molecule has 21 heavy (non-hydrogen) atoms. The van der Waals surface area contributed by atoms with Crippen LogP contribution in [0.25, 0.3) is 0 Å². The van der Waals surface area contributed by atoms with E-state index < -0.39 is 0 Å². The molecule has 2 aliphatic rings. The summed E-state index contributed by atoms with van der Waals surface area (Å²) < 4.78 is 5.53. The molecule has 3 rings (SSSR count). The van der Waals surface area contributed by atoms with Gasteiger partial charge in [-0.05, 0) is 31.7 Å². The maximum atomic E-state index is 12.2. The molecule has 6 heteroatoms. The minimum absolute atomic E-state index is 0.103. The quantitative estimate of drug-likeness (QED) is 0.895. The molecule has 0 spiro atoms. The minimum atomic E-state index is 0.103. The van der Waals surface area contributed by atoms with E-state index in [0.29, 0.717) is 6.54 Å². The van der Waals surface area contributed by atoms with Gasteiger partial charge in [-0.2, -0.15) is 0 Å². The molecule has 1 N–H and O–H groups in total. The van der Waals surface area contributed by atoms with Gasteiger partial charge in [-0.1, -0.05) is 0 Å². The van der Waals surface area contributed by atoms with Gasteiger partial charge >= 0.3 is 0 Å². The van der Waals surface area contributed by atoms with Gasteiger partial charge in [-0.25, -0.2) is 9.97 Å². The first-order chi connectivity index (χ1) is 10.3. The van der Waals surface area contributed by atoms with Crippen LogP contribution in [0.2, 0.25) is 0 Å². The minimum Gasteiger partial charge on any atom is -0.376 e. The number of carbonyl (C=O) groups excluding carboxylic acids is 1. The van der Waals surface area contributed by atoms with Gasteiger partial charge in [0.05, 0.1) is 6.10 Å². The number of hydrogen-bond donors (Lipinski definition) is 1. The number of hydrogen-bond acceptors (Lipinski definition) is 5. The van der Waals surface area contributed by atoms with Gasteiger partial charge in [-0.3, -0.25) is 4.79 Å². The van der Waals surface area contributed by atoms with Crippen LogP contribution in [0.4, 0.5) is 5.95 Å². The first-order valence-electron chi connectivity index (χ1n) is 7.74. The van der Waals surface area contributed by atoms with E-state index in [0.717, 1.165) is 51.3 Å². The Bertz CT molecular complexity index is 454. The SMILES string of the molecule is O=C(NC[C@H]1CCCO1)C1CCN(c2ncccn2)CC1. The molecular formula is C15H22N4O2. The third-order valence-electron chi connectivity index (χ3n) is 4.23. The number of rotatable bonds is 4. The Morgan fingerprint density at radius 2 is 2.05 bits per heavy atom. The molecule has 0 aliphatic carbocycles. The lowest BCUT2D eigenvalue weighted by Gasteiger charge is -2.31. The molecule has 0 unspecified atom stereocenters. The average Bonchev–Trinajstić information content (AvgIpc) is 3.07. The monoisotopic (exact) mass is 290 g/mol. The smallest absolute Gasteiger partial charge is 0.225 e. The molecule has 2 saturated heterocycles. The van der Waals surface area contributed by atoms with Crippen LogP contribution in [0.1, 0.15) is 25.7 Å². The number of carbonyl (C=O) groups is 1. The van der Waals surface area contributed by atoms with Crippen molar-refractivity contribution in [1.29, 1.82) is 0 Å². The maximum Gasteiger partial charge on any atom is 0.225 e. The lowest BCUT2D eigenvalue weighted by atomic mass is 9.96. The van der Waals surface area contributed by atoms with Crippen molar-refractivity contribution in [3.05, 3.63) is 18.5 Å². The number of nitrogens with zero attached hydrogens (tertiary/aromatic N) is 3.